The first-order chi connectivity index (χ1) is 10.5. The molecule has 1 heterocycles. The fraction of sp³-hybridized carbons (Fsp3) is 0.308. The smallest absolute Gasteiger partial charge is 0.320 e. The van der Waals surface area contributed by atoms with Crippen molar-refractivity contribution in [1.82, 2.24) is 20.2 Å². The molecule has 116 valence electrons. The summed E-state index contributed by atoms with van der Waals surface area (Å²) >= 11 is 0. The van der Waals surface area contributed by atoms with Gasteiger partial charge >= 0.3 is 5.97 Å². The number of benzene rings is 1. The van der Waals surface area contributed by atoms with E-state index in [-0.39, 0.29) is 18.7 Å². The fourth-order valence-electron chi connectivity index (χ4n) is 1.67. The second-order valence-corrected chi connectivity index (χ2v) is 4.51. The minimum atomic E-state index is -1.15. The molecule has 0 bridgehead atoms. The van der Waals surface area contributed by atoms with Gasteiger partial charge in [-0.05, 0) is 35.9 Å². The normalized spacial score (nSPS) is 11.9. The first-order valence-electron chi connectivity index (χ1n) is 6.47. The summed E-state index contributed by atoms with van der Waals surface area (Å²) in [6, 6.07) is 5.81. The van der Waals surface area contributed by atoms with Crippen molar-refractivity contribution >= 4 is 11.8 Å². The van der Waals surface area contributed by atoms with E-state index in [0.717, 1.165) is 0 Å². The van der Waals surface area contributed by atoms with Gasteiger partial charge in [-0.1, -0.05) is 0 Å². The predicted octanol–water partition coefficient (Wildman–Crippen LogP) is 0.0457. The number of hydrogen-bond donors (Lipinski definition) is 2. The van der Waals surface area contributed by atoms with Crippen LogP contribution in [0.4, 0.5) is 0 Å². The molecule has 1 atom stereocenters. The van der Waals surface area contributed by atoms with Gasteiger partial charge in [0.2, 0.25) is 11.6 Å². The average molecular weight is 305 g/mol. The highest BCUT2D eigenvalue weighted by molar-refractivity contribution is 5.92. The highest BCUT2D eigenvalue weighted by Gasteiger charge is 2.18. The second-order valence-electron chi connectivity index (χ2n) is 4.51. The molecule has 2 rings (SSSR count). The van der Waals surface area contributed by atoms with Gasteiger partial charge in [-0.15, -0.1) is 15.0 Å². The number of nitrogens with two attached hydrogens (primary N) is 1. The van der Waals surface area contributed by atoms with E-state index in [1.165, 1.54) is 4.80 Å². The summed E-state index contributed by atoms with van der Waals surface area (Å²) < 4.78 is 5.04. The molecule has 1 unspecified atom stereocenters. The minimum absolute atomic E-state index is 0.0191. The van der Waals surface area contributed by atoms with Crippen molar-refractivity contribution in [3.05, 3.63) is 30.1 Å². The van der Waals surface area contributed by atoms with Gasteiger partial charge in [-0.25, -0.2) is 0 Å². The van der Waals surface area contributed by atoms with Crippen LogP contribution in [-0.2, 0) is 4.79 Å². The van der Waals surface area contributed by atoms with Gasteiger partial charge in [0, 0.05) is 6.42 Å². The Bertz CT molecular complexity index is 667. The molecular weight excluding hydrogens is 290 g/mol. The number of carboxylic acids is 1. The van der Waals surface area contributed by atoms with Crippen molar-refractivity contribution in [3.8, 4) is 11.4 Å². The second kappa shape index (κ2) is 6.76. The molecule has 0 saturated carbocycles. The zero-order valence-electron chi connectivity index (χ0n) is 11.8. The molecule has 0 saturated heterocycles. The van der Waals surface area contributed by atoms with Gasteiger partial charge in [0.05, 0.1) is 12.8 Å². The number of Topliss-reactive ketones (excluding diaryl/α,β-unsaturated/α-hetero) is 1. The molecule has 1 aromatic heterocycles. The van der Waals surface area contributed by atoms with E-state index >= 15 is 0 Å². The van der Waals surface area contributed by atoms with Crippen LogP contribution in [-0.4, -0.2) is 50.2 Å². The summed E-state index contributed by atoms with van der Waals surface area (Å²) in [5.74, 6) is -0.949. The van der Waals surface area contributed by atoms with E-state index in [9.17, 15) is 9.59 Å². The molecule has 0 amide bonds. The van der Waals surface area contributed by atoms with Crippen LogP contribution in [0, 0.1) is 0 Å². The molecule has 1 aromatic carbocycles. The third-order valence-corrected chi connectivity index (χ3v) is 2.97. The molecule has 0 fully saturated rings. The highest BCUT2D eigenvalue weighted by atomic mass is 16.5. The number of methoxy groups -OCH3 is 1. The van der Waals surface area contributed by atoms with E-state index in [0.29, 0.717) is 11.4 Å². The number of rotatable bonds is 7. The highest BCUT2D eigenvalue weighted by Crippen LogP contribution is 2.13. The molecule has 0 spiro atoms. The minimum Gasteiger partial charge on any atom is -0.497 e. The van der Waals surface area contributed by atoms with Gasteiger partial charge < -0.3 is 15.6 Å². The summed E-state index contributed by atoms with van der Waals surface area (Å²) in [6.07, 6.45) is -0.0347. The summed E-state index contributed by atoms with van der Waals surface area (Å²) in [5.41, 5.74) is 5.96. The van der Waals surface area contributed by atoms with E-state index in [2.05, 4.69) is 15.4 Å². The lowest BCUT2D eigenvalue weighted by Crippen LogP contribution is -2.30. The molecule has 0 aliphatic heterocycles. The van der Waals surface area contributed by atoms with Crippen LogP contribution in [0.15, 0.2) is 24.3 Å². The van der Waals surface area contributed by atoms with Crippen molar-refractivity contribution in [3.63, 3.8) is 0 Å². The summed E-state index contributed by atoms with van der Waals surface area (Å²) in [4.78, 5) is 23.7. The van der Waals surface area contributed by atoms with E-state index < -0.39 is 17.8 Å². The number of carbonyl (C=O) groups excluding carboxylic acids is 1. The number of aromatic nitrogens is 4. The third kappa shape index (κ3) is 3.64. The van der Waals surface area contributed by atoms with Gasteiger partial charge in [0.25, 0.3) is 0 Å². The molecule has 9 nitrogen and oxygen atoms in total. The third-order valence-electron chi connectivity index (χ3n) is 2.97. The van der Waals surface area contributed by atoms with Crippen LogP contribution >= 0.6 is 0 Å². The first-order valence-corrected chi connectivity index (χ1v) is 6.47. The maximum absolute atomic E-state index is 11.9. The summed E-state index contributed by atoms with van der Waals surface area (Å²) in [7, 11) is 1.56. The van der Waals surface area contributed by atoms with Crippen molar-refractivity contribution in [2.75, 3.05) is 7.11 Å². The Balaban J connectivity index is 2.03. The molecule has 0 aliphatic carbocycles. The molecule has 2 aromatic rings. The zero-order valence-corrected chi connectivity index (χ0v) is 11.8. The Labute approximate surface area is 125 Å². The lowest BCUT2D eigenvalue weighted by atomic mass is 10.1. The molecule has 3 N–H and O–H groups in total. The van der Waals surface area contributed by atoms with Crippen LogP contribution in [0.3, 0.4) is 0 Å². The topological polar surface area (TPSA) is 133 Å². The lowest BCUT2D eigenvalue weighted by Gasteiger charge is -2.03. The van der Waals surface area contributed by atoms with E-state index in [4.69, 9.17) is 15.6 Å². The van der Waals surface area contributed by atoms with Gasteiger partial charge in [-0.2, -0.15) is 0 Å². The predicted molar refractivity (Wildman–Crippen MR) is 74.9 cm³/mol. The van der Waals surface area contributed by atoms with Crippen molar-refractivity contribution in [1.29, 1.82) is 0 Å². The number of tetrazole rings is 1. The lowest BCUT2D eigenvalue weighted by molar-refractivity contribution is -0.138. The largest absolute Gasteiger partial charge is 0.497 e. The Kier molecular flexibility index (Phi) is 4.79. The number of ketones is 1. The fourth-order valence-corrected chi connectivity index (χ4v) is 1.67. The molecule has 0 aliphatic rings. The van der Waals surface area contributed by atoms with Crippen molar-refractivity contribution in [2.24, 2.45) is 5.73 Å². The SMILES string of the molecule is COc1ccc(-n2nnc(C(=O)CCC(N)C(=O)O)n2)cc1. The standard InChI is InChI=1S/C13H15N5O4/c1-22-9-4-2-8(3-5-9)18-16-12(15-17-18)11(19)7-6-10(14)13(20)21/h2-5,10H,6-7,14H2,1H3,(H,20,21). The molecule has 0 radical (unpaired) electrons. The average Bonchev–Trinajstić information content (AvgIpc) is 3.02. The number of hydrogen-bond acceptors (Lipinski definition) is 7. The van der Waals surface area contributed by atoms with Crippen LogP contribution in [0.1, 0.15) is 23.5 Å². The van der Waals surface area contributed by atoms with Gasteiger partial charge in [0.1, 0.15) is 11.8 Å². The van der Waals surface area contributed by atoms with E-state index in [1.54, 1.807) is 31.4 Å². The summed E-state index contributed by atoms with van der Waals surface area (Å²) in [5, 5.41) is 20.1. The quantitative estimate of drug-likeness (QED) is 0.685. The Morgan fingerprint density at radius 3 is 2.64 bits per heavy atom. The summed E-state index contributed by atoms with van der Waals surface area (Å²) in [6.45, 7) is 0. The van der Waals surface area contributed by atoms with Crippen LogP contribution in [0.5, 0.6) is 5.75 Å². The molecule has 9 heteroatoms. The Hall–Kier alpha value is -2.81. The van der Waals surface area contributed by atoms with E-state index in [1.807, 2.05) is 0 Å². The van der Waals surface area contributed by atoms with Crippen molar-refractivity contribution < 1.29 is 19.4 Å². The van der Waals surface area contributed by atoms with Gasteiger partial charge in [0.15, 0.2) is 0 Å². The van der Waals surface area contributed by atoms with Crippen molar-refractivity contribution in [2.45, 2.75) is 18.9 Å². The molecule has 22 heavy (non-hydrogen) atoms. The van der Waals surface area contributed by atoms with Crippen LogP contribution in [0.2, 0.25) is 0 Å². The number of nitrogens with zero attached hydrogens (tertiary/aromatic N) is 4. The monoisotopic (exact) mass is 305 g/mol. The number of carbonyl (C=O) groups is 2. The van der Waals surface area contributed by atoms with Gasteiger partial charge in [-0.3, -0.25) is 9.59 Å². The number of aliphatic carboxylic acids is 1. The Morgan fingerprint density at radius 2 is 2.05 bits per heavy atom. The van der Waals surface area contributed by atoms with Crippen LogP contribution in [0.25, 0.3) is 5.69 Å². The maximum Gasteiger partial charge on any atom is 0.320 e. The molecular formula is C13H15N5O4. The first kappa shape index (κ1) is 15.6. The van der Waals surface area contributed by atoms with Crippen LogP contribution < -0.4 is 10.5 Å². The zero-order chi connectivity index (χ0) is 16.1. The maximum atomic E-state index is 11.9. The Morgan fingerprint density at radius 1 is 1.36 bits per heavy atom. The number of carboxylic acid groups (broad SMARTS) is 1. The number of ether oxygens (including phenoxy) is 1.